The number of halogens is 2. The Morgan fingerprint density at radius 2 is 1.95 bits per heavy atom. The maximum atomic E-state index is 11.9. The average molecular weight is 319 g/mol. The fraction of sp³-hybridized carbons (Fsp3) is 0.385. The van der Waals surface area contributed by atoms with Gasteiger partial charge in [0, 0.05) is 12.1 Å². The van der Waals surface area contributed by atoms with Gasteiger partial charge in [-0.25, -0.2) is 21.9 Å². The van der Waals surface area contributed by atoms with Gasteiger partial charge in [-0.1, -0.05) is 11.8 Å². The molecule has 0 fully saturated rings. The maximum Gasteiger partial charge on any atom is 0.261 e. The van der Waals surface area contributed by atoms with E-state index in [1.165, 1.54) is 24.3 Å². The lowest BCUT2D eigenvalue weighted by molar-refractivity contribution is 0.0199. The molecule has 0 saturated carbocycles. The molecule has 0 aliphatic rings. The molecule has 0 aromatic heterocycles. The predicted octanol–water partition coefficient (Wildman–Crippen LogP) is 0.590. The minimum absolute atomic E-state index is 0.0332. The molecule has 8 heteroatoms. The molecule has 5 nitrogen and oxygen atoms in total. The maximum absolute atomic E-state index is 11.9. The van der Waals surface area contributed by atoms with Crippen LogP contribution in [0.5, 0.6) is 0 Å². The van der Waals surface area contributed by atoms with Gasteiger partial charge >= 0.3 is 0 Å². The van der Waals surface area contributed by atoms with Crippen LogP contribution in [0.2, 0.25) is 0 Å². The fourth-order valence-electron chi connectivity index (χ4n) is 1.36. The van der Waals surface area contributed by atoms with Crippen molar-refractivity contribution in [1.82, 2.24) is 4.72 Å². The minimum atomic E-state index is -3.71. The summed E-state index contributed by atoms with van der Waals surface area (Å²) in [5.74, 6) is 5.08. The lowest BCUT2D eigenvalue weighted by Crippen LogP contribution is -2.28. The first-order valence-electron chi connectivity index (χ1n) is 6.01. The number of benzene rings is 1. The van der Waals surface area contributed by atoms with Crippen LogP contribution in [0.3, 0.4) is 0 Å². The molecule has 1 aromatic carbocycles. The largest absolute Gasteiger partial charge is 0.384 e. The Bertz CT molecular complexity index is 591. The van der Waals surface area contributed by atoms with E-state index in [0.717, 1.165) is 0 Å². The van der Waals surface area contributed by atoms with Crippen LogP contribution in [-0.4, -0.2) is 46.3 Å². The van der Waals surface area contributed by atoms with Gasteiger partial charge in [0.1, 0.15) is 13.2 Å². The van der Waals surface area contributed by atoms with Crippen LogP contribution in [0.1, 0.15) is 5.56 Å². The molecule has 0 bridgehead atoms. The molecule has 0 radical (unpaired) electrons. The SMILES string of the molecule is O=S(=O)(NCCOCC(F)F)c1ccc(C#CCO)cc1. The molecular formula is C13H15F2NO4S. The van der Waals surface area contributed by atoms with E-state index in [1.807, 2.05) is 0 Å². The summed E-state index contributed by atoms with van der Waals surface area (Å²) < 4.78 is 54.1. The van der Waals surface area contributed by atoms with Gasteiger partial charge in [-0.2, -0.15) is 0 Å². The van der Waals surface area contributed by atoms with E-state index < -0.39 is 23.1 Å². The van der Waals surface area contributed by atoms with E-state index in [9.17, 15) is 17.2 Å². The second-order valence-electron chi connectivity index (χ2n) is 3.85. The standard InChI is InChI=1S/C13H15F2NO4S/c14-13(15)10-20-9-7-16-21(18,19)12-5-3-11(4-6-12)2-1-8-17/h3-6,13,16-17H,7-10H2. The first-order chi connectivity index (χ1) is 9.95. The Labute approximate surface area is 122 Å². The van der Waals surface area contributed by atoms with Gasteiger partial charge in [0.05, 0.1) is 11.5 Å². The third kappa shape index (κ3) is 6.64. The van der Waals surface area contributed by atoms with Gasteiger partial charge in [0.15, 0.2) is 0 Å². The Balaban J connectivity index is 2.54. The van der Waals surface area contributed by atoms with E-state index in [2.05, 4.69) is 21.3 Å². The first-order valence-corrected chi connectivity index (χ1v) is 7.49. The first kappa shape index (κ1) is 17.5. The zero-order chi connectivity index (χ0) is 15.7. The van der Waals surface area contributed by atoms with Gasteiger partial charge in [0.2, 0.25) is 10.0 Å². The molecule has 116 valence electrons. The number of ether oxygens (including phenoxy) is 1. The molecule has 1 rings (SSSR count). The molecule has 2 N–H and O–H groups in total. The van der Waals surface area contributed by atoms with Crippen molar-refractivity contribution in [2.45, 2.75) is 11.3 Å². The molecule has 0 spiro atoms. The van der Waals surface area contributed by atoms with Crippen LogP contribution in [0.4, 0.5) is 8.78 Å². The number of nitrogens with one attached hydrogen (secondary N) is 1. The summed E-state index contributed by atoms with van der Waals surface area (Å²) in [4.78, 5) is 0.0332. The summed E-state index contributed by atoms with van der Waals surface area (Å²) >= 11 is 0. The molecule has 0 aliphatic heterocycles. The van der Waals surface area contributed by atoms with Crippen molar-refractivity contribution < 1.29 is 27.0 Å². The third-order valence-corrected chi connectivity index (χ3v) is 3.74. The summed E-state index contributed by atoms with van der Waals surface area (Å²) in [6.45, 7) is -1.23. The highest BCUT2D eigenvalue weighted by Crippen LogP contribution is 2.09. The second-order valence-corrected chi connectivity index (χ2v) is 5.61. The number of alkyl halides is 2. The highest BCUT2D eigenvalue weighted by molar-refractivity contribution is 7.89. The van der Waals surface area contributed by atoms with E-state index in [1.54, 1.807) is 0 Å². The Hall–Kier alpha value is -1.53. The van der Waals surface area contributed by atoms with Crippen molar-refractivity contribution in [3.05, 3.63) is 29.8 Å². The van der Waals surface area contributed by atoms with Gasteiger partial charge in [-0.3, -0.25) is 0 Å². The van der Waals surface area contributed by atoms with Gasteiger partial charge in [-0.15, -0.1) is 0 Å². The molecule has 0 saturated heterocycles. The zero-order valence-corrected chi connectivity index (χ0v) is 11.9. The van der Waals surface area contributed by atoms with Crippen molar-refractivity contribution in [1.29, 1.82) is 0 Å². The number of aliphatic hydroxyl groups excluding tert-OH is 1. The van der Waals surface area contributed by atoms with Crippen LogP contribution in [0.25, 0.3) is 0 Å². The second kappa shape index (κ2) is 8.69. The van der Waals surface area contributed by atoms with Crippen molar-refractivity contribution in [3.8, 4) is 11.8 Å². The van der Waals surface area contributed by atoms with Crippen LogP contribution in [0.15, 0.2) is 29.2 Å². The molecule has 0 unspecified atom stereocenters. The number of rotatable bonds is 7. The average Bonchev–Trinajstić information content (AvgIpc) is 2.44. The zero-order valence-electron chi connectivity index (χ0n) is 11.1. The van der Waals surface area contributed by atoms with E-state index in [-0.39, 0.29) is 24.7 Å². The van der Waals surface area contributed by atoms with E-state index >= 15 is 0 Å². The summed E-state index contributed by atoms with van der Waals surface area (Å²) in [6, 6.07) is 5.74. The van der Waals surface area contributed by atoms with Gasteiger partial charge < -0.3 is 9.84 Å². The lowest BCUT2D eigenvalue weighted by atomic mass is 10.2. The molecule has 21 heavy (non-hydrogen) atoms. The molecule has 1 aromatic rings. The quantitative estimate of drug-likeness (QED) is 0.570. The van der Waals surface area contributed by atoms with Crippen LogP contribution >= 0.6 is 0 Å². The number of aliphatic hydroxyl groups is 1. The highest BCUT2D eigenvalue weighted by atomic mass is 32.2. The van der Waals surface area contributed by atoms with Crippen LogP contribution in [-0.2, 0) is 14.8 Å². The third-order valence-electron chi connectivity index (χ3n) is 2.26. The van der Waals surface area contributed by atoms with Crippen molar-refractivity contribution in [3.63, 3.8) is 0 Å². The molecule has 0 atom stereocenters. The Morgan fingerprint density at radius 3 is 2.52 bits per heavy atom. The topological polar surface area (TPSA) is 75.6 Å². The van der Waals surface area contributed by atoms with Crippen LogP contribution in [0, 0.1) is 11.8 Å². The van der Waals surface area contributed by atoms with E-state index in [0.29, 0.717) is 5.56 Å². The summed E-state index contributed by atoms with van der Waals surface area (Å²) in [6.07, 6.45) is -2.57. The molecular weight excluding hydrogens is 304 g/mol. The van der Waals surface area contributed by atoms with Crippen molar-refractivity contribution in [2.24, 2.45) is 0 Å². The number of sulfonamides is 1. The summed E-state index contributed by atoms with van der Waals surface area (Å²) in [5.41, 5.74) is 0.572. The molecule has 0 heterocycles. The summed E-state index contributed by atoms with van der Waals surface area (Å²) in [7, 11) is -3.71. The number of hydrogen-bond donors (Lipinski definition) is 2. The van der Waals surface area contributed by atoms with Gasteiger partial charge in [-0.05, 0) is 24.3 Å². The molecule has 0 amide bonds. The summed E-state index contributed by atoms with van der Waals surface area (Å²) in [5, 5.41) is 8.55. The Kier molecular flexibility index (Phi) is 7.25. The molecule has 0 aliphatic carbocycles. The highest BCUT2D eigenvalue weighted by Gasteiger charge is 2.13. The fourth-order valence-corrected chi connectivity index (χ4v) is 2.38. The monoisotopic (exact) mass is 319 g/mol. The smallest absolute Gasteiger partial charge is 0.261 e. The van der Waals surface area contributed by atoms with Crippen molar-refractivity contribution >= 4 is 10.0 Å². The van der Waals surface area contributed by atoms with Crippen LogP contribution < -0.4 is 4.72 Å². The lowest BCUT2D eigenvalue weighted by Gasteiger charge is -2.07. The number of hydrogen-bond acceptors (Lipinski definition) is 4. The normalized spacial score (nSPS) is 11.2. The van der Waals surface area contributed by atoms with E-state index in [4.69, 9.17) is 5.11 Å². The predicted molar refractivity (Wildman–Crippen MR) is 72.4 cm³/mol. The van der Waals surface area contributed by atoms with Crippen molar-refractivity contribution in [2.75, 3.05) is 26.4 Å². The van der Waals surface area contributed by atoms with Gasteiger partial charge in [0.25, 0.3) is 6.43 Å². The minimum Gasteiger partial charge on any atom is -0.384 e. The Morgan fingerprint density at radius 1 is 1.29 bits per heavy atom.